The molecular weight excluding hydrogens is 276 g/mol. The molecule has 20 heavy (non-hydrogen) atoms. The second-order valence-electron chi connectivity index (χ2n) is 5.30. The van der Waals surface area contributed by atoms with Crippen molar-refractivity contribution in [2.24, 2.45) is 7.05 Å². The Morgan fingerprint density at radius 2 is 2.30 bits per heavy atom. The minimum atomic E-state index is -3.46. The van der Waals surface area contributed by atoms with Crippen LogP contribution in [0.15, 0.2) is 17.3 Å². The zero-order chi connectivity index (χ0) is 14.6. The third-order valence-corrected chi connectivity index (χ3v) is 5.63. The van der Waals surface area contributed by atoms with Gasteiger partial charge in [0.1, 0.15) is 0 Å². The molecule has 1 N–H and O–H groups in total. The average molecular weight is 300 g/mol. The zero-order valence-electron chi connectivity index (χ0n) is 12.2. The lowest BCUT2D eigenvalue weighted by Crippen LogP contribution is -2.46. The first kappa shape index (κ1) is 15.5. The molecule has 2 rings (SSSR count). The fourth-order valence-electron chi connectivity index (χ4n) is 2.63. The first-order chi connectivity index (χ1) is 9.55. The number of aryl methyl sites for hydroxylation is 1. The normalized spacial score (nSPS) is 20.4. The molecule has 1 unspecified atom stereocenters. The largest absolute Gasteiger partial charge is 0.313 e. The molecule has 114 valence electrons. The van der Waals surface area contributed by atoms with Crippen molar-refractivity contribution in [2.45, 2.75) is 43.7 Å². The Labute approximate surface area is 121 Å². The number of sulfonamides is 1. The number of rotatable bonds is 6. The Kier molecular flexibility index (Phi) is 5.17. The average Bonchev–Trinajstić information content (AvgIpc) is 2.86. The Morgan fingerprint density at radius 1 is 1.50 bits per heavy atom. The molecule has 1 aromatic heterocycles. The molecule has 0 aliphatic carbocycles. The minimum absolute atomic E-state index is 0.262. The zero-order valence-corrected chi connectivity index (χ0v) is 13.1. The van der Waals surface area contributed by atoms with Crippen molar-refractivity contribution in [1.29, 1.82) is 0 Å². The lowest BCUT2D eigenvalue weighted by Gasteiger charge is -2.29. The summed E-state index contributed by atoms with van der Waals surface area (Å²) in [4.78, 5) is 0. The van der Waals surface area contributed by atoms with Gasteiger partial charge in [0.2, 0.25) is 0 Å². The quantitative estimate of drug-likeness (QED) is 0.850. The molecule has 6 nitrogen and oxygen atoms in total. The van der Waals surface area contributed by atoms with Crippen molar-refractivity contribution in [3.05, 3.63) is 12.3 Å². The third kappa shape index (κ3) is 3.39. The van der Waals surface area contributed by atoms with Crippen LogP contribution in [0.3, 0.4) is 0 Å². The number of aromatic nitrogens is 2. The van der Waals surface area contributed by atoms with Gasteiger partial charge in [-0.1, -0.05) is 13.3 Å². The van der Waals surface area contributed by atoms with Crippen LogP contribution in [0, 0.1) is 0 Å². The topological polar surface area (TPSA) is 67.2 Å². The van der Waals surface area contributed by atoms with E-state index in [-0.39, 0.29) is 11.1 Å². The summed E-state index contributed by atoms with van der Waals surface area (Å²) >= 11 is 0. The molecule has 1 fully saturated rings. The molecule has 0 radical (unpaired) electrons. The van der Waals surface area contributed by atoms with Crippen LogP contribution in [0.25, 0.3) is 0 Å². The molecular formula is C13H24N4O2S. The first-order valence-electron chi connectivity index (χ1n) is 7.27. The van der Waals surface area contributed by atoms with Crippen LogP contribution >= 0.6 is 0 Å². The maximum absolute atomic E-state index is 12.7. The van der Waals surface area contributed by atoms with Crippen LogP contribution in [0.1, 0.15) is 32.6 Å². The SMILES string of the molecule is CCCN(CC1CCCCN1)S(=O)(=O)c1ccnn1C. The van der Waals surface area contributed by atoms with Gasteiger partial charge >= 0.3 is 0 Å². The maximum Gasteiger partial charge on any atom is 0.260 e. The van der Waals surface area contributed by atoms with Crippen LogP contribution in [-0.2, 0) is 17.1 Å². The van der Waals surface area contributed by atoms with Crippen molar-refractivity contribution in [3.63, 3.8) is 0 Å². The highest BCUT2D eigenvalue weighted by Crippen LogP contribution is 2.17. The van der Waals surface area contributed by atoms with Crippen molar-refractivity contribution in [1.82, 2.24) is 19.4 Å². The van der Waals surface area contributed by atoms with Gasteiger partial charge in [-0.15, -0.1) is 0 Å². The lowest BCUT2D eigenvalue weighted by atomic mass is 10.1. The fraction of sp³-hybridized carbons (Fsp3) is 0.769. The maximum atomic E-state index is 12.7. The highest BCUT2D eigenvalue weighted by atomic mass is 32.2. The van der Waals surface area contributed by atoms with E-state index in [4.69, 9.17) is 0 Å². The molecule has 0 saturated carbocycles. The molecule has 1 saturated heterocycles. The number of hydrogen-bond donors (Lipinski definition) is 1. The van der Waals surface area contributed by atoms with E-state index in [1.807, 2.05) is 6.92 Å². The summed E-state index contributed by atoms with van der Waals surface area (Å²) < 4.78 is 28.4. The van der Waals surface area contributed by atoms with Crippen molar-refractivity contribution in [3.8, 4) is 0 Å². The van der Waals surface area contributed by atoms with Gasteiger partial charge in [-0.25, -0.2) is 8.42 Å². The summed E-state index contributed by atoms with van der Waals surface area (Å²) in [5.74, 6) is 0. The van der Waals surface area contributed by atoms with Crippen LogP contribution in [-0.4, -0.2) is 48.2 Å². The molecule has 2 heterocycles. The van der Waals surface area contributed by atoms with Gasteiger partial charge in [-0.05, 0) is 31.9 Å². The van der Waals surface area contributed by atoms with E-state index in [1.54, 1.807) is 17.4 Å². The van der Waals surface area contributed by atoms with Crippen LogP contribution in [0.5, 0.6) is 0 Å². The van der Waals surface area contributed by atoms with Gasteiger partial charge in [0, 0.05) is 26.2 Å². The molecule has 0 bridgehead atoms. The summed E-state index contributed by atoms with van der Waals surface area (Å²) in [7, 11) is -1.79. The van der Waals surface area contributed by atoms with Crippen molar-refractivity contribution >= 4 is 10.0 Å². The Morgan fingerprint density at radius 3 is 2.85 bits per heavy atom. The number of hydrogen-bond acceptors (Lipinski definition) is 4. The lowest BCUT2D eigenvalue weighted by molar-refractivity contribution is 0.311. The summed E-state index contributed by atoms with van der Waals surface area (Å²) in [6.45, 7) is 4.07. The molecule has 1 aliphatic heterocycles. The van der Waals surface area contributed by atoms with E-state index in [0.29, 0.717) is 13.1 Å². The van der Waals surface area contributed by atoms with E-state index < -0.39 is 10.0 Å². The van der Waals surface area contributed by atoms with E-state index >= 15 is 0 Å². The van der Waals surface area contributed by atoms with Gasteiger partial charge in [0.15, 0.2) is 5.03 Å². The predicted octanol–water partition coefficient (Wildman–Crippen LogP) is 0.963. The summed E-state index contributed by atoms with van der Waals surface area (Å²) in [6.07, 6.45) is 5.73. The van der Waals surface area contributed by atoms with Crippen LogP contribution in [0.2, 0.25) is 0 Å². The molecule has 7 heteroatoms. The minimum Gasteiger partial charge on any atom is -0.313 e. The van der Waals surface area contributed by atoms with E-state index in [9.17, 15) is 8.42 Å². The summed E-state index contributed by atoms with van der Waals surface area (Å²) in [5, 5.41) is 7.64. The number of nitrogens with one attached hydrogen (secondary N) is 1. The smallest absolute Gasteiger partial charge is 0.260 e. The first-order valence-corrected chi connectivity index (χ1v) is 8.71. The fourth-order valence-corrected chi connectivity index (χ4v) is 4.31. The van der Waals surface area contributed by atoms with Gasteiger partial charge in [-0.3, -0.25) is 4.68 Å². The number of nitrogens with zero attached hydrogens (tertiary/aromatic N) is 3. The second-order valence-corrected chi connectivity index (χ2v) is 7.19. The summed E-state index contributed by atoms with van der Waals surface area (Å²) in [5.41, 5.74) is 0. The molecule has 0 spiro atoms. The van der Waals surface area contributed by atoms with Gasteiger partial charge in [-0.2, -0.15) is 9.40 Å². The molecule has 1 atom stereocenters. The highest BCUT2D eigenvalue weighted by molar-refractivity contribution is 7.89. The number of piperidine rings is 1. The molecule has 0 amide bonds. The van der Waals surface area contributed by atoms with Crippen LogP contribution < -0.4 is 5.32 Å². The molecule has 1 aromatic rings. The van der Waals surface area contributed by atoms with E-state index in [2.05, 4.69) is 10.4 Å². The van der Waals surface area contributed by atoms with Gasteiger partial charge < -0.3 is 5.32 Å². The Balaban J connectivity index is 2.16. The Hall–Kier alpha value is -0.920. The standard InChI is InChI=1S/C13H24N4O2S/c1-3-10-17(11-12-6-4-5-8-14-12)20(18,19)13-7-9-15-16(13)2/h7,9,12,14H,3-6,8,10-11H2,1-2H3. The second kappa shape index (κ2) is 6.69. The monoisotopic (exact) mass is 300 g/mol. The highest BCUT2D eigenvalue weighted by Gasteiger charge is 2.29. The summed E-state index contributed by atoms with van der Waals surface area (Å²) in [6, 6.07) is 1.82. The van der Waals surface area contributed by atoms with Crippen LogP contribution in [0.4, 0.5) is 0 Å². The Bertz CT molecular complexity index is 520. The molecule has 0 aromatic carbocycles. The van der Waals surface area contributed by atoms with Crippen molar-refractivity contribution < 1.29 is 8.42 Å². The van der Waals surface area contributed by atoms with Gasteiger partial charge in [0.05, 0.1) is 6.20 Å². The third-order valence-electron chi connectivity index (χ3n) is 3.69. The predicted molar refractivity (Wildman–Crippen MR) is 77.9 cm³/mol. The van der Waals surface area contributed by atoms with Crippen molar-refractivity contribution in [2.75, 3.05) is 19.6 Å². The van der Waals surface area contributed by atoms with Gasteiger partial charge in [0.25, 0.3) is 10.0 Å². The van der Waals surface area contributed by atoms with E-state index in [0.717, 1.165) is 19.4 Å². The van der Waals surface area contributed by atoms with E-state index in [1.165, 1.54) is 23.7 Å². The molecule has 1 aliphatic rings.